The third-order valence-electron chi connectivity index (χ3n) is 3.30. The first kappa shape index (κ1) is 14.8. The zero-order valence-electron chi connectivity index (χ0n) is 12.6. The molecule has 1 heterocycles. The first-order valence-corrected chi connectivity index (χ1v) is 7.18. The zero-order valence-corrected chi connectivity index (χ0v) is 12.6. The zero-order chi connectivity index (χ0) is 16.1. The number of hydrogen-bond donors (Lipinski definition) is 2. The molecule has 0 saturated heterocycles. The normalized spacial score (nSPS) is 10.3. The summed E-state index contributed by atoms with van der Waals surface area (Å²) in [6.07, 6.45) is 1.27. The van der Waals surface area contributed by atoms with E-state index in [9.17, 15) is 4.79 Å². The van der Waals surface area contributed by atoms with Gasteiger partial charge >= 0.3 is 6.03 Å². The summed E-state index contributed by atoms with van der Waals surface area (Å²) in [4.78, 5) is 12.0. The second-order valence-electron chi connectivity index (χ2n) is 5.12. The predicted octanol–water partition coefficient (Wildman–Crippen LogP) is 3.37. The van der Waals surface area contributed by atoms with Gasteiger partial charge in [-0.05, 0) is 30.7 Å². The lowest BCUT2D eigenvalue weighted by molar-refractivity contribution is 0.251. The predicted molar refractivity (Wildman–Crippen MR) is 86.8 cm³/mol. The molecule has 6 nitrogen and oxygen atoms in total. The number of carbonyl (C=O) groups is 1. The number of nitrogens with zero attached hydrogens (tertiary/aromatic N) is 2. The number of anilines is 1. The van der Waals surface area contributed by atoms with Gasteiger partial charge in [-0.1, -0.05) is 35.9 Å². The Balaban J connectivity index is 1.59. The lowest BCUT2D eigenvalue weighted by atomic mass is 10.1. The highest BCUT2D eigenvalue weighted by Crippen LogP contribution is 2.20. The van der Waals surface area contributed by atoms with Crippen molar-refractivity contribution in [3.8, 4) is 11.5 Å². The molecule has 0 radical (unpaired) electrons. The molecule has 2 N–H and O–H groups in total. The maximum Gasteiger partial charge on any atom is 0.319 e. The summed E-state index contributed by atoms with van der Waals surface area (Å²) in [6.45, 7) is 2.50. The highest BCUT2D eigenvalue weighted by molar-refractivity contribution is 5.89. The number of rotatable bonds is 4. The molecule has 0 aliphatic carbocycles. The number of aryl methyl sites for hydroxylation is 1. The van der Waals surface area contributed by atoms with Crippen molar-refractivity contribution in [1.82, 2.24) is 15.5 Å². The van der Waals surface area contributed by atoms with Crippen LogP contribution < -0.4 is 10.6 Å². The average Bonchev–Trinajstić information content (AvgIpc) is 3.09. The lowest BCUT2D eigenvalue weighted by Crippen LogP contribution is -2.28. The van der Waals surface area contributed by atoms with E-state index in [1.54, 1.807) is 12.1 Å². The fourth-order valence-electron chi connectivity index (χ4n) is 2.09. The van der Waals surface area contributed by atoms with Gasteiger partial charge in [0.1, 0.15) is 0 Å². The van der Waals surface area contributed by atoms with E-state index < -0.39 is 0 Å². The third-order valence-corrected chi connectivity index (χ3v) is 3.30. The van der Waals surface area contributed by atoms with Crippen molar-refractivity contribution in [1.29, 1.82) is 0 Å². The number of hydrogen-bond acceptors (Lipinski definition) is 4. The maximum absolute atomic E-state index is 12.0. The Morgan fingerprint density at radius 1 is 1.17 bits per heavy atom. The molecule has 1 aromatic heterocycles. The van der Waals surface area contributed by atoms with Gasteiger partial charge in [0, 0.05) is 17.8 Å². The summed E-state index contributed by atoms with van der Waals surface area (Å²) < 4.78 is 5.14. The first-order chi connectivity index (χ1) is 11.2. The van der Waals surface area contributed by atoms with Gasteiger partial charge in [-0.15, -0.1) is 10.2 Å². The van der Waals surface area contributed by atoms with E-state index in [1.807, 2.05) is 43.3 Å². The topological polar surface area (TPSA) is 80.0 Å². The number of carbonyl (C=O) groups excluding carboxylic acids is 1. The average molecular weight is 308 g/mol. The van der Waals surface area contributed by atoms with Gasteiger partial charge in [-0.2, -0.15) is 0 Å². The second-order valence-corrected chi connectivity index (χ2v) is 5.12. The summed E-state index contributed by atoms with van der Waals surface area (Å²) >= 11 is 0. The van der Waals surface area contributed by atoms with Crippen molar-refractivity contribution in [2.75, 3.05) is 5.32 Å². The van der Waals surface area contributed by atoms with Crippen LogP contribution in [0, 0.1) is 6.92 Å². The molecule has 2 amide bonds. The van der Waals surface area contributed by atoms with E-state index in [0.29, 0.717) is 18.1 Å². The summed E-state index contributed by atoms with van der Waals surface area (Å²) in [5, 5.41) is 13.1. The Labute approximate surface area is 133 Å². The van der Waals surface area contributed by atoms with Crippen molar-refractivity contribution in [2.24, 2.45) is 0 Å². The minimum Gasteiger partial charge on any atom is -0.423 e. The van der Waals surface area contributed by atoms with E-state index in [0.717, 1.165) is 11.1 Å². The van der Waals surface area contributed by atoms with Crippen LogP contribution in [0.1, 0.15) is 11.1 Å². The van der Waals surface area contributed by atoms with Crippen LogP contribution in [0.2, 0.25) is 0 Å². The Morgan fingerprint density at radius 3 is 2.74 bits per heavy atom. The van der Waals surface area contributed by atoms with Gasteiger partial charge < -0.3 is 15.1 Å². The Morgan fingerprint density at radius 2 is 2.00 bits per heavy atom. The van der Waals surface area contributed by atoms with Crippen LogP contribution in [0.15, 0.2) is 59.3 Å². The molecule has 23 heavy (non-hydrogen) atoms. The number of urea groups is 1. The molecule has 116 valence electrons. The van der Waals surface area contributed by atoms with Crippen molar-refractivity contribution in [2.45, 2.75) is 13.5 Å². The molecule has 0 atom stereocenters. The van der Waals surface area contributed by atoms with Gasteiger partial charge in [0.25, 0.3) is 0 Å². The largest absolute Gasteiger partial charge is 0.423 e. The molecule has 0 fully saturated rings. The number of nitrogens with one attached hydrogen (secondary N) is 2. The Hall–Kier alpha value is -3.15. The van der Waals surface area contributed by atoms with Crippen LogP contribution in [0.25, 0.3) is 11.5 Å². The Bertz CT molecular complexity index is 783. The van der Waals surface area contributed by atoms with E-state index in [4.69, 9.17) is 4.42 Å². The SMILES string of the molecule is Cc1ccc(CNC(=O)Nc2cccc(-c3nnco3)c2)cc1. The van der Waals surface area contributed by atoms with Crippen LogP contribution in [-0.2, 0) is 6.54 Å². The molecule has 0 spiro atoms. The fourth-order valence-corrected chi connectivity index (χ4v) is 2.09. The lowest BCUT2D eigenvalue weighted by Gasteiger charge is -2.08. The molecule has 6 heteroatoms. The summed E-state index contributed by atoms with van der Waals surface area (Å²) in [5.41, 5.74) is 3.64. The molecule has 0 bridgehead atoms. The minimum absolute atomic E-state index is 0.270. The summed E-state index contributed by atoms with van der Waals surface area (Å²) in [7, 11) is 0. The van der Waals surface area contributed by atoms with Crippen molar-refractivity contribution < 1.29 is 9.21 Å². The van der Waals surface area contributed by atoms with E-state index >= 15 is 0 Å². The van der Waals surface area contributed by atoms with Gasteiger partial charge in [-0.3, -0.25) is 0 Å². The molecule has 0 aliphatic heterocycles. The Kier molecular flexibility index (Phi) is 4.33. The van der Waals surface area contributed by atoms with Crippen LogP contribution in [0.3, 0.4) is 0 Å². The quantitative estimate of drug-likeness (QED) is 0.774. The smallest absolute Gasteiger partial charge is 0.319 e. The van der Waals surface area contributed by atoms with Crippen LogP contribution in [-0.4, -0.2) is 16.2 Å². The highest BCUT2D eigenvalue weighted by Gasteiger charge is 2.06. The molecule has 0 unspecified atom stereocenters. The molecule has 0 saturated carbocycles. The molecular formula is C17H16N4O2. The highest BCUT2D eigenvalue weighted by atomic mass is 16.4. The first-order valence-electron chi connectivity index (χ1n) is 7.18. The fraction of sp³-hybridized carbons (Fsp3) is 0.118. The third kappa shape index (κ3) is 3.94. The minimum atomic E-state index is -0.270. The van der Waals surface area contributed by atoms with Crippen LogP contribution in [0.5, 0.6) is 0 Å². The van der Waals surface area contributed by atoms with Crippen LogP contribution in [0.4, 0.5) is 10.5 Å². The number of benzene rings is 2. The van der Waals surface area contributed by atoms with Gasteiger partial charge in [-0.25, -0.2) is 4.79 Å². The summed E-state index contributed by atoms with van der Waals surface area (Å²) in [6, 6.07) is 15.0. The number of aromatic nitrogens is 2. The maximum atomic E-state index is 12.0. The van der Waals surface area contributed by atoms with E-state index in [2.05, 4.69) is 20.8 Å². The second kappa shape index (κ2) is 6.74. The van der Waals surface area contributed by atoms with Gasteiger partial charge in [0.15, 0.2) is 0 Å². The van der Waals surface area contributed by atoms with Crippen LogP contribution >= 0.6 is 0 Å². The van der Waals surface area contributed by atoms with Crippen molar-refractivity contribution >= 4 is 11.7 Å². The molecule has 0 aliphatic rings. The van der Waals surface area contributed by atoms with Crippen molar-refractivity contribution in [3.63, 3.8) is 0 Å². The van der Waals surface area contributed by atoms with Gasteiger partial charge in [0.2, 0.25) is 12.3 Å². The molecule has 3 aromatic rings. The van der Waals surface area contributed by atoms with E-state index in [-0.39, 0.29) is 6.03 Å². The molecule has 3 rings (SSSR count). The number of amides is 2. The van der Waals surface area contributed by atoms with E-state index in [1.165, 1.54) is 12.0 Å². The standard InChI is InChI=1S/C17H16N4O2/c1-12-5-7-13(8-6-12)10-18-17(22)20-15-4-2-3-14(9-15)16-21-19-11-23-16/h2-9,11H,10H2,1H3,(H2,18,20,22). The molecule has 2 aromatic carbocycles. The van der Waals surface area contributed by atoms with Crippen molar-refractivity contribution in [3.05, 3.63) is 66.1 Å². The monoisotopic (exact) mass is 308 g/mol. The summed E-state index contributed by atoms with van der Waals surface area (Å²) in [5.74, 6) is 0.411. The van der Waals surface area contributed by atoms with Gasteiger partial charge in [0.05, 0.1) is 0 Å². The molecular weight excluding hydrogens is 292 g/mol.